The van der Waals surface area contributed by atoms with Crippen molar-refractivity contribution < 1.29 is 19.7 Å². The summed E-state index contributed by atoms with van der Waals surface area (Å²) in [7, 11) is 0. The molecule has 4 nitrogen and oxygen atoms in total. The van der Waals surface area contributed by atoms with Gasteiger partial charge in [-0.25, -0.2) is 0 Å². The highest BCUT2D eigenvalue weighted by Crippen LogP contribution is 2.58. The zero-order valence-electron chi connectivity index (χ0n) is 13.6. The van der Waals surface area contributed by atoms with Crippen LogP contribution in [0.4, 0.5) is 0 Å². The molecule has 0 radical (unpaired) electrons. The Kier molecular flexibility index (Phi) is 4.24. The third-order valence-corrected chi connectivity index (χ3v) is 5.81. The zero-order chi connectivity index (χ0) is 16.0. The summed E-state index contributed by atoms with van der Waals surface area (Å²) >= 11 is 0. The number of carbonyl (C=O) groups is 1. The lowest BCUT2D eigenvalue weighted by Crippen LogP contribution is -2.68. The van der Waals surface area contributed by atoms with E-state index in [1.54, 1.807) is 0 Å². The van der Waals surface area contributed by atoms with Gasteiger partial charge in [0.15, 0.2) is 0 Å². The molecular formula is C17H28O4. The fourth-order valence-corrected chi connectivity index (χ4v) is 4.32. The molecule has 5 unspecified atom stereocenters. The first-order valence-electron chi connectivity index (χ1n) is 7.90. The van der Waals surface area contributed by atoms with Gasteiger partial charge in [-0.15, -0.1) is 0 Å². The number of fused-ring (bicyclic) bond motifs is 1. The molecule has 4 heteroatoms. The number of carbonyl (C=O) groups excluding carboxylic acids is 1. The molecule has 2 saturated carbocycles. The third kappa shape index (κ3) is 2.33. The zero-order valence-corrected chi connectivity index (χ0v) is 13.6. The van der Waals surface area contributed by atoms with E-state index < -0.39 is 29.2 Å². The molecule has 0 saturated heterocycles. The fraction of sp³-hybridized carbons (Fsp3) is 0.824. The van der Waals surface area contributed by atoms with Gasteiger partial charge in [-0.1, -0.05) is 27.4 Å². The maximum absolute atomic E-state index is 11.6. The Morgan fingerprint density at radius 1 is 1.43 bits per heavy atom. The number of aliphatic hydroxyl groups is 2. The minimum Gasteiger partial charge on any atom is -0.459 e. The Labute approximate surface area is 127 Å². The van der Waals surface area contributed by atoms with Gasteiger partial charge in [-0.05, 0) is 37.2 Å². The maximum atomic E-state index is 11.6. The minimum atomic E-state index is -1.34. The summed E-state index contributed by atoms with van der Waals surface area (Å²) in [5.74, 6) is -0.0278. The molecule has 0 bridgehead atoms. The molecule has 0 heterocycles. The normalized spacial score (nSPS) is 43.6. The predicted molar refractivity (Wildman–Crippen MR) is 80.6 cm³/mol. The van der Waals surface area contributed by atoms with Crippen LogP contribution in [0.2, 0.25) is 0 Å². The van der Waals surface area contributed by atoms with Gasteiger partial charge in [-0.2, -0.15) is 0 Å². The molecule has 2 N–H and O–H groups in total. The van der Waals surface area contributed by atoms with Crippen LogP contribution >= 0.6 is 0 Å². The first kappa shape index (κ1) is 16.5. The van der Waals surface area contributed by atoms with Crippen molar-refractivity contribution >= 4 is 5.97 Å². The Bertz CT molecular complexity index is 444. The third-order valence-electron chi connectivity index (χ3n) is 5.81. The summed E-state index contributed by atoms with van der Waals surface area (Å²) in [5, 5.41) is 22.0. The van der Waals surface area contributed by atoms with Crippen LogP contribution in [0.15, 0.2) is 12.2 Å². The molecule has 0 amide bonds. The van der Waals surface area contributed by atoms with Crippen molar-refractivity contribution in [2.75, 3.05) is 0 Å². The van der Waals surface area contributed by atoms with Crippen molar-refractivity contribution in [3.63, 3.8) is 0 Å². The van der Waals surface area contributed by atoms with Crippen LogP contribution in [0, 0.1) is 17.3 Å². The van der Waals surface area contributed by atoms with E-state index in [9.17, 15) is 15.0 Å². The van der Waals surface area contributed by atoms with Crippen LogP contribution in [0.25, 0.3) is 0 Å². The standard InChI is InChI=1S/C17H28O4/c1-10(2)13-8-9-16(5)14(19)7-6-11(3)17(16,20)15(13)21-12(4)18/h10,13-15,19-20H,3,6-9H2,1-2,4-5H3. The summed E-state index contributed by atoms with van der Waals surface area (Å²) in [4.78, 5) is 11.6. The van der Waals surface area contributed by atoms with Crippen LogP contribution in [0.1, 0.15) is 53.4 Å². The summed E-state index contributed by atoms with van der Waals surface area (Å²) < 4.78 is 5.56. The molecule has 5 atom stereocenters. The van der Waals surface area contributed by atoms with Gasteiger partial charge in [0.05, 0.1) is 6.10 Å². The van der Waals surface area contributed by atoms with Gasteiger partial charge >= 0.3 is 5.97 Å². The summed E-state index contributed by atoms with van der Waals surface area (Å²) in [6, 6.07) is 0. The second-order valence-corrected chi connectivity index (χ2v) is 7.32. The molecular weight excluding hydrogens is 268 g/mol. The van der Waals surface area contributed by atoms with E-state index in [1.165, 1.54) is 6.92 Å². The second-order valence-electron chi connectivity index (χ2n) is 7.32. The Morgan fingerprint density at radius 2 is 2.05 bits per heavy atom. The highest BCUT2D eigenvalue weighted by Gasteiger charge is 2.64. The monoisotopic (exact) mass is 296 g/mol. The van der Waals surface area contributed by atoms with Crippen LogP contribution in [0.5, 0.6) is 0 Å². The van der Waals surface area contributed by atoms with E-state index in [1.807, 2.05) is 6.92 Å². The molecule has 21 heavy (non-hydrogen) atoms. The van der Waals surface area contributed by atoms with E-state index in [-0.39, 0.29) is 11.8 Å². The highest BCUT2D eigenvalue weighted by atomic mass is 16.6. The number of aliphatic hydroxyl groups excluding tert-OH is 1. The molecule has 2 aliphatic rings. The van der Waals surface area contributed by atoms with Crippen LogP contribution in [-0.4, -0.2) is 34.0 Å². The van der Waals surface area contributed by atoms with Gasteiger partial charge in [0.25, 0.3) is 0 Å². The number of rotatable bonds is 2. The van der Waals surface area contributed by atoms with Gasteiger partial charge in [0, 0.05) is 18.3 Å². The number of esters is 1. The summed E-state index contributed by atoms with van der Waals surface area (Å²) in [6.45, 7) is 11.5. The highest BCUT2D eigenvalue weighted by molar-refractivity contribution is 5.66. The van der Waals surface area contributed by atoms with Gasteiger partial charge in [0.2, 0.25) is 0 Å². The Morgan fingerprint density at radius 3 is 2.57 bits per heavy atom. The van der Waals surface area contributed by atoms with Gasteiger partial charge in [0.1, 0.15) is 11.7 Å². The largest absolute Gasteiger partial charge is 0.459 e. The minimum absolute atomic E-state index is 0.0778. The quantitative estimate of drug-likeness (QED) is 0.607. The average molecular weight is 296 g/mol. The van der Waals surface area contributed by atoms with Crippen LogP contribution < -0.4 is 0 Å². The van der Waals surface area contributed by atoms with Gasteiger partial charge in [-0.3, -0.25) is 4.79 Å². The Balaban J connectivity index is 2.50. The van der Waals surface area contributed by atoms with E-state index >= 15 is 0 Å². The lowest BCUT2D eigenvalue weighted by molar-refractivity contribution is -0.236. The number of hydrogen-bond donors (Lipinski definition) is 2. The van der Waals surface area contributed by atoms with E-state index in [4.69, 9.17) is 4.74 Å². The van der Waals surface area contributed by atoms with Crippen LogP contribution in [0.3, 0.4) is 0 Å². The smallest absolute Gasteiger partial charge is 0.303 e. The van der Waals surface area contributed by atoms with Crippen LogP contribution in [-0.2, 0) is 9.53 Å². The SMILES string of the molecule is C=C1CCC(O)C2(C)CCC(C(C)C)C(OC(C)=O)C12O. The number of hydrogen-bond acceptors (Lipinski definition) is 4. The fourth-order valence-electron chi connectivity index (χ4n) is 4.32. The molecule has 0 spiro atoms. The lowest BCUT2D eigenvalue weighted by Gasteiger charge is -2.60. The molecule has 2 aliphatic carbocycles. The molecule has 2 rings (SSSR count). The summed E-state index contributed by atoms with van der Waals surface area (Å²) in [5.41, 5.74) is -1.36. The topological polar surface area (TPSA) is 66.8 Å². The van der Waals surface area contributed by atoms with Crippen molar-refractivity contribution in [1.29, 1.82) is 0 Å². The molecule has 0 aromatic heterocycles. The summed E-state index contributed by atoms with van der Waals surface area (Å²) in [6.07, 6.45) is 1.49. The molecule has 0 aromatic carbocycles. The van der Waals surface area contributed by atoms with Crippen molar-refractivity contribution in [2.24, 2.45) is 17.3 Å². The van der Waals surface area contributed by atoms with E-state index in [0.29, 0.717) is 24.8 Å². The van der Waals surface area contributed by atoms with Gasteiger partial charge < -0.3 is 14.9 Å². The average Bonchev–Trinajstić information content (AvgIpc) is 2.38. The molecule has 2 fully saturated rings. The lowest BCUT2D eigenvalue weighted by atomic mass is 9.50. The Hall–Kier alpha value is -0.870. The first-order valence-corrected chi connectivity index (χ1v) is 7.90. The molecule has 120 valence electrons. The number of ether oxygens (including phenoxy) is 1. The maximum Gasteiger partial charge on any atom is 0.303 e. The van der Waals surface area contributed by atoms with Crippen molar-refractivity contribution in [3.05, 3.63) is 12.2 Å². The molecule has 0 aliphatic heterocycles. The predicted octanol–water partition coefficient (Wildman–Crippen LogP) is 2.43. The van der Waals surface area contributed by atoms with Crippen molar-refractivity contribution in [3.8, 4) is 0 Å². The van der Waals surface area contributed by atoms with E-state index in [0.717, 1.165) is 6.42 Å². The van der Waals surface area contributed by atoms with Crippen molar-refractivity contribution in [2.45, 2.75) is 71.2 Å². The van der Waals surface area contributed by atoms with Crippen molar-refractivity contribution in [1.82, 2.24) is 0 Å². The van der Waals surface area contributed by atoms with E-state index in [2.05, 4.69) is 20.4 Å². The second kappa shape index (κ2) is 5.40. The first-order chi connectivity index (χ1) is 9.64. The molecule has 0 aromatic rings.